The number of piperazine rings is 1. The van der Waals surface area contributed by atoms with Crippen molar-refractivity contribution in [1.82, 2.24) is 14.7 Å². The van der Waals surface area contributed by atoms with E-state index in [1.165, 1.54) is 25.0 Å². The van der Waals surface area contributed by atoms with Crippen molar-refractivity contribution >= 4 is 30.5 Å². The van der Waals surface area contributed by atoms with E-state index in [2.05, 4.69) is 12.6 Å². The summed E-state index contributed by atoms with van der Waals surface area (Å²) in [5.74, 6) is -2.22. The van der Waals surface area contributed by atoms with E-state index in [9.17, 15) is 18.8 Å². The van der Waals surface area contributed by atoms with Gasteiger partial charge in [-0.15, -0.1) is 0 Å². The second-order valence-corrected chi connectivity index (χ2v) is 8.96. The Morgan fingerprint density at radius 1 is 1.27 bits per heavy atom. The smallest absolute Gasteiger partial charge is 0.327 e. The molecule has 0 aliphatic carbocycles. The molecule has 0 saturated carbocycles. The number of carbonyl (C=O) groups excluding carboxylic acids is 2. The normalized spacial score (nSPS) is 23.4. The predicted octanol–water partition coefficient (Wildman–Crippen LogP) is 1.59. The Morgan fingerprint density at radius 2 is 2.00 bits per heavy atom. The number of piperidine rings is 1. The van der Waals surface area contributed by atoms with Crippen LogP contribution in [0.1, 0.15) is 24.9 Å². The number of likely N-dealkylation sites (tertiary alicyclic amines) is 1. The molecule has 1 aromatic carbocycles. The highest BCUT2D eigenvalue weighted by atomic mass is 32.1. The summed E-state index contributed by atoms with van der Waals surface area (Å²) < 4.78 is 19.5. The molecule has 10 heteroatoms. The van der Waals surface area contributed by atoms with Crippen molar-refractivity contribution in [2.45, 2.75) is 30.7 Å². The lowest BCUT2D eigenvalue weighted by atomic mass is 9.97. The fourth-order valence-electron chi connectivity index (χ4n) is 4.27. The number of thiol groups is 1. The fourth-order valence-corrected chi connectivity index (χ4v) is 4.58. The molecule has 2 saturated heterocycles. The van der Waals surface area contributed by atoms with Crippen LogP contribution in [0.15, 0.2) is 35.9 Å². The molecule has 3 atom stereocenters. The lowest BCUT2D eigenvalue weighted by molar-refractivity contribution is -0.152. The van der Waals surface area contributed by atoms with Crippen LogP contribution in [0.3, 0.4) is 0 Å². The molecule has 3 unspecified atom stereocenters. The highest BCUT2D eigenvalue weighted by Crippen LogP contribution is 2.31. The van der Waals surface area contributed by atoms with Gasteiger partial charge in [-0.25, -0.2) is 14.0 Å². The van der Waals surface area contributed by atoms with Gasteiger partial charge >= 0.3 is 11.9 Å². The first-order chi connectivity index (χ1) is 15.7. The summed E-state index contributed by atoms with van der Waals surface area (Å²) in [7, 11) is 1.29. The van der Waals surface area contributed by atoms with Gasteiger partial charge < -0.3 is 14.7 Å². The number of hydrogen-bond acceptors (Lipinski definition) is 7. The van der Waals surface area contributed by atoms with Gasteiger partial charge in [0.25, 0.3) is 0 Å². The molecule has 1 N–H and O–H groups in total. The molecule has 3 rings (SSSR count). The number of aliphatic carboxylic acids is 1. The van der Waals surface area contributed by atoms with Crippen LogP contribution in [0.5, 0.6) is 0 Å². The maximum absolute atomic E-state index is 14.5. The lowest BCUT2D eigenvalue weighted by Crippen LogP contribution is -2.55. The molecule has 2 fully saturated rings. The number of carbonyl (C=O) groups is 3. The molecule has 8 nitrogen and oxygen atoms in total. The summed E-state index contributed by atoms with van der Waals surface area (Å²) in [5, 5.41) is 9.15. The minimum absolute atomic E-state index is 0.0100. The average Bonchev–Trinajstić information content (AvgIpc) is 2.80. The van der Waals surface area contributed by atoms with Gasteiger partial charge in [0.15, 0.2) is 0 Å². The third-order valence-corrected chi connectivity index (χ3v) is 6.86. The lowest BCUT2D eigenvalue weighted by Gasteiger charge is -2.38. The molecule has 0 spiro atoms. The van der Waals surface area contributed by atoms with E-state index in [1.807, 2.05) is 15.9 Å². The molecule has 2 aliphatic heterocycles. The van der Waals surface area contributed by atoms with Crippen molar-refractivity contribution < 1.29 is 28.6 Å². The number of carboxylic acid groups (broad SMARTS) is 1. The van der Waals surface area contributed by atoms with E-state index in [1.54, 1.807) is 18.2 Å². The third-order valence-electron chi connectivity index (χ3n) is 6.27. The number of amides is 1. The molecule has 2 heterocycles. The molecule has 0 radical (unpaired) electrons. The number of nitrogens with zero attached hydrogens (tertiary/aromatic N) is 3. The van der Waals surface area contributed by atoms with Crippen LogP contribution in [-0.2, 0) is 19.1 Å². The van der Waals surface area contributed by atoms with Crippen LogP contribution >= 0.6 is 12.6 Å². The summed E-state index contributed by atoms with van der Waals surface area (Å²) >= 11 is 4.68. The SMILES string of the molecule is COC(=O)C(c1ccccc1F)N1CCC(S)C(=CCN2CCN(C(C)C(=O)O)C(=O)C2)C1. The first-order valence-electron chi connectivity index (χ1n) is 10.9. The largest absolute Gasteiger partial charge is 0.480 e. The van der Waals surface area contributed by atoms with Gasteiger partial charge in [0.1, 0.15) is 17.9 Å². The van der Waals surface area contributed by atoms with Gasteiger partial charge in [0, 0.05) is 43.5 Å². The Labute approximate surface area is 198 Å². The first-order valence-corrected chi connectivity index (χ1v) is 11.4. The van der Waals surface area contributed by atoms with Crippen molar-refractivity contribution in [2.24, 2.45) is 0 Å². The monoisotopic (exact) mass is 479 g/mol. The van der Waals surface area contributed by atoms with E-state index in [-0.39, 0.29) is 23.3 Å². The summed E-state index contributed by atoms with van der Waals surface area (Å²) in [6.07, 6.45) is 2.68. The molecule has 180 valence electrons. The Hall–Kier alpha value is -2.43. The van der Waals surface area contributed by atoms with E-state index >= 15 is 0 Å². The second-order valence-electron chi connectivity index (χ2n) is 8.34. The minimum Gasteiger partial charge on any atom is -0.480 e. The first kappa shape index (κ1) is 25.2. The second kappa shape index (κ2) is 11.1. The number of ether oxygens (including phenoxy) is 1. The number of benzene rings is 1. The molecule has 1 amide bonds. The molecule has 0 aromatic heterocycles. The average molecular weight is 480 g/mol. The quantitative estimate of drug-likeness (QED) is 0.349. The van der Waals surface area contributed by atoms with Crippen LogP contribution in [0.2, 0.25) is 0 Å². The van der Waals surface area contributed by atoms with Crippen molar-refractivity contribution in [1.29, 1.82) is 0 Å². The number of methoxy groups -OCH3 is 1. The number of rotatable bonds is 7. The summed E-state index contributed by atoms with van der Waals surface area (Å²) in [6.45, 7) is 4.05. The van der Waals surface area contributed by atoms with Crippen molar-refractivity contribution in [3.63, 3.8) is 0 Å². The minimum atomic E-state index is -1.02. The highest BCUT2D eigenvalue weighted by Gasteiger charge is 2.35. The Bertz CT molecular complexity index is 927. The van der Waals surface area contributed by atoms with E-state index in [4.69, 9.17) is 9.84 Å². The van der Waals surface area contributed by atoms with Crippen LogP contribution in [0.25, 0.3) is 0 Å². The molecule has 33 heavy (non-hydrogen) atoms. The fraction of sp³-hybridized carbons (Fsp3) is 0.522. The zero-order valence-corrected chi connectivity index (χ0v) is 19.7. The van der Waals surface area contributed by atoms with Crippen molar-refractivity contribution in [3.8, 4) is 0 Å². The number of halogens is 1. The Balaban J connectivity index is 1.70. The van der Waals surface area contributed by atoms with Gasteiger partial charge in [-0.2, -0.15) is 12.6 Å². The van der Waals surface area contributed by atoms with Gasteiger partial charge in [0.2, 0.25) is 5.91 Å². The maximum atomic E-state index is 14.5. The highest BCUT2D eigenvalue weighted by molar-refractivity contribution is 7.81. The summed E-state index contributed by atoms with van der Waals surface area (Å²) in [5.41, 5.74) is 1.26. The number of hydrogen-bond donors (Lipinski definition) is 2. The predicted molar refractivity (Wildman–Crippen MR) is 123 cm³/mol. The molecule has 2 aliphatic rings. The van der Waals surface area contributed by atoms with Gasteiger partial charge in [-0.05, 0) is 25.0 Å². The Morgan fingerprint density at radius 3 is 2.64 bits per heavy atom. The molecule has 1 aromatic rings. The van der Waals surface area contributed by atoms with Crippen LogP contribution < -0.4 is 0 Å². The topological polar surface area (TPSA) is 90.4 Å². The van der Waals surface area contributed by atoms with E-state index in [0.29, 0.717) is 39.1 Å². The van der Waals surface area contributed by atoms with Crippen molar-refractivity contribution in [2.75, 3.05) is 46.4 Å². The Kier molecular flexibility index (Phi) is 8.50. The van der Waals surface area contributed by atoms with Crippen molar-refractivity contribution in [3.05, 3.63) is 47.3 Å². The molecular formula is C23H30FN3O5S. The molecule has 0 bridgehead atoms. The maximum Gasteiger partial charge on any atom is 0.327 e. The number of esters is 1. The van der Waals surface area contributed by atoms with Gasteiger partial charge in [0.05, 0.1) is 13.7 Å². The zero-order chi connectivity index (χ0) is 24.1. The summed E-state index contributed by atoms with van der Waals surface area (Å²) in [4.78, 5) is 41.4. The number of carboxylic acids is 1. The molecular weight excluding hydrogens is 449 g/mol. The third kappa shape index (κ3) is 5.93. The van der Waals surface area contributed by atoms with Crippen LogP contribution in [0, 0.1) is 5.82 Å². The standard InChI is InChI=1S/C23H30FN3O5S/c1-15(22(29)30)27-12-11-25(14-20(27)28)9-7-16-13-26(10-8-19(16)33)21(23(31)32-2)17-5-3-4-6-18(17)24/h3-7,15,19,21,33H,8-14H2,1-2H3,(H,29,30). The van der Waals surface area contributed by atoms with E-state index < -0.39 is 29.8 Å². The van der Waals surface area contributed by atoms with E-state index in [0.717, 1.165) is 5.57 Å². The zero-order valence-electron chi connectivity index (χ0n) is 18.8. The van der Waals surface area contributed by atoms with Crippen LogP contribution in [-0.4, -0.2) is 95.3 Å². The van der Waals surface area contributed by atoms with Gasteiger partial charge in [-0.3, -0.25) is 14.6 Å². The summed E-state index contributed by atoms with van der Waals surface area (Å²) in [6, 6.07) is 4.49. The van der Waals surface area contributed by atoms with Gasteiger partial charge in [-0.1, -0.05) is 24.3 Å². The van der Waals surface area contributed by atoms with Crippen LogP contribution in [0.4, 0.5) is 4.39 Å².